The molecule has 2 aromatic heterocycles. The van der Waals surface area contributed by atoms with Gasteiger partial charge in [-0.15, -0.1) is 10.2 Å². The second kappa shape index (κ2) is 5.48. The van der Waals surface area contributed by atoms with Crippen LogP contribution in [-0.2, 0) is 0 Å². The van der Waals surface area contributed by atoms with Crippen LogP contribution < -0.4 is 5.32 Å². The van der Waals surface area contributed by atoms with E-state index in [9.17, 15) is 0 Å². The topological polar surface area (TPSA) is 50.7 Å². The van der Waals surface area contributed by atoms with E-state index < -0.39 is 0 Å². The third-order valence-corrected chi connectivity index (χ3v) is 3.73. The lowest BCUT2D eigenvalue weighted by Gasteiger charge is -2.12. The van der Waals surface area contributed by atoms with Crippen LogP contribution in [-0.4, -0.2) is 21.7 Å². The van der Waals surface area contributed by atoms with Gasteiger partial charge in [-0.1, -0.05) is 18.2 Å². The van der Waals surface area contributed by atoms with Gasteiger partial charge in [0.05, 0.1) is 11.2 Å². The van der Waals surface area contributed by atoms with Crippen molar-refractivity contribution in [1.82, 2.24) is 15.2 Å². The lowest BCUT2D eigenvalue weighted by molar-refractivity contribution is 0.986. The van der Waals surface area contributed by atoms with Crippen LogP contribution in [0.2, 0.25) is 0 Å². The largest absolute Gasteiger partial charge is 0.369 e. The molecule has 0 bridgehead atoms. The van der Waals surface area contributed by atoms with E-state index in [0.29, 0.717) is 0 Å². The van der Waals surface area contributed by atoms with E-state index in [1.54, 1.807) is 0 Å². The van der Waals surface area contributed by atoms with Crippen LogP contribution in [0, 0.1) is 13.8 Å². The molecule has 0 fully saturated rings. The van der Waals surface area contributed by atoms with Crippen molar-refractivity contribution in [2.45, 2.75) is 20.8 Å². The molecule has 21 heavy (non-hydrogen) atoms. The van der Waals surface area contributed by atoms with Gasteiger partial charge in [0.2, 0.25) is 0 Å². The number of pyridine rings is 1. The van der Waals surface area contributed by atoms with Gasteiger partial charge in [0, 0.05) is 23.7 Å². The number of nitrogens with one attached hydrogen (secondary N) is 1. The number of anilines is 1. The lowest BCUT2D eigenvalue weighted by Crippen LogP contribution is -2.06. The Morgan fingerprint density at radius 1 is 1.05 bits per heavy atom. The van der Waals surface area contributed by atoms with Crippen molar-refractivity contribution >= 4 is 16.7 Å². The second-order valence-corrected chi connectivity index (χ2v) is 5.09. The van der Waals surface area contributed by atoms with Gasteiger partial charge in [0.1, 0.15) is 0 Å². The fourth-order valence-corrected chi connectivity index (χ4v) is 2.42. The maximum atomic E-state index is 4.50. The van der Waals surface area contributed by atoms with E-state index in [1.165, 1.54) is 0 Å². The maximum absolute atomic E-state index is 4.50. The smallest absolute Gasteiger partial charge is 0.151 e. The van der Waals surface area contributed by atoms with Crippen LogP contribution in [0.15, 0.2) is 36.5 Å². The molecule has 4 heteroatoms. The average molecular weight is 278 g/mol. The van der Waals surface area contributed by atoms with Gasteiger partial charge in [-0.3, -0.25) is 4.98 Å². The second-order valence-electron chi connectivity index (χ2n) is 5.09. The van der Waals surface area contributed by atoms with Crippen molar-refractivity contribution in [2.75, 3.05) is 11.9 Å². The minimum Gasteiger partial charge on any atom is -0.369 e. The predicted octanol–water partition coefficient (Wildman–Crippen LogP) is 3.74. The number of para-hydroxylation sites is 1. The maximum Gasteiger partial charge on any atom is 0.151 e. The SMILES string of the molecule is CCNc1nnc(-c2cnc3ccccc3c2)c(C)c1C. The first-order valence-corrected chi connectivity index (χ1v) is 7.13. The summed E-state index contributed by atoms with van der Waals surface area (Å²) >= 11 is 0. The van der Waals surface area contributed by atoms with E-state index in [4.69, 9.17) is 0 Å². The summed E-state index contributed by atoms with van der Waals surface area (Å²) in [6, 6.07) is 10.2. The molecular weight excluding hydrogens is 260 g/mol. The van der Waals surface area contributed by atoms with E-state index in [0.717, 1.165) is 45.6 Å². The fourth-order valence-electron chi connectivity index (χ4n) is 2.42. The average Bonchev–Trinajstić information content (AvgIpc) is 2.52. The first-order valence-electron chi connectivity index (χ1n) is 7.13. The Morgan fingerprint density at radius 3 is 2.67 bits per heavy atom. The van der Waals surface area contributed by atoms with Gasteiger partial charge in [0.15, 0.2) is 5.82 Å². The van der Waals surface area contributed by atoms with E-state index in [1.807, 2.05) is 24.4 Å². The molecule has 0 aliphatic rings. The van der Waals surface area contributed by atoms with Crippen LogP contribution in [0.4, 0.5) is 5.82 Å². The number of nitrogens with zero attached hydrogens (tertiary/aromatic N) is 3. The molecule has 3 aromatic rings. The molecule has 0 aliphatic carbocycles. The third kappa shape index (κ3) is 2.44. The van der Waals surface area contributed by atoms with Crippen LogP contribution in [0.25, 0.3) is 22.2 Å². The highest BCUT2D eigenvalue weighted by Gasteiger charge is 2.11. The lowest BCUT2D eigenvalue weighted by atomic mass is 10.0. The molecule has 0 unspecified atom stereocenters. The van der Waals surface area contributed by atoms with E-state index in [-0.39, 0.29) is 0 Å². The first kappa shape index (κ1) is 13.5. The molecule has 1 aromatic carbocycles. The van der Waals surface area contributed by atoms with Crippen LogP contribution >= 0.6 is 0 Å². The number of rotatable bonds is 3. The fraction of sp³-hybridized carbons (Fsp3) is 0.235. The van der Waals surface area contributed by atoms with Crippen LogP contribution in [0.5, 0.6) is 0 Å². The van der Waals surface area contributed by atoms with Gasteiger partial charge >= 0.3 is 0 Å². The van der Waals surface area contributed by atoms with Gasteiger partial charge in [0.25, 0.3) is 0 Å². The Balaban J connectivity index is 2.12. The summed E-state index contributed by atoms with van der Waals surface area (Å²) in [5.74, 6) is 0.854. The monoisotopic (exact) mass is 278 g/mol. The normalized spacial score (nSPS) is 10.8. The van der Waals surface area contributed by atoms with Crippen molar-refractivity contribution in [3.05, 3.63) is 47.7 Å². The molecule has 2 heterocycles. The number of aromatic nitrogens is 3. The van der Waals surface area contributed by atoms with Crippen molar-refractivity contribution < 1.29 is 0 Å². The Labute approximate surface area is 124 Å². The summed E-state index contributed by atoms with van der Waals surface area (Å²) in [5.41, 5.74) is 5.16. The van der Waals surface area contributed by atoms with Gasteiger partial charge in [-0.05, 0) is 44.0 Å². The van der Waals surface area contributed by atoms with Gasteiger partial charge in [-0.25, -0.2) is 0 Å². The zero-order valence-electron chi connectivity index (χ0n) is 12.5. The molecule has 0 radical (unpaired) electrons. The number of benzene rings is 1. The highest BCUT2D eigenvalue weighted by molar-refractivity contribution is 5.83. The first-order chi connectivity index (χ1) is 10.2. The minimum absolute atomic E-state index is 0.839. The molecule has 106 valence electrons. The van der Waals surface area contributed by atoms with Crippen molar-refractivity contribution in [2.24, 2.45) is 0 Å². The van der Waals surface area contributed by atoms with Gasteiger partial charge < -0.3 is 5.32 Å². The van der Waals surface area contributed by atoms with E-state index in [2.05, 4.69) is 53.4 Å². The summed E-state index contributed by atoms with van der Waals surface area (Å²) in [6.07, 6.45) is 1.87. The van der Waals surface area contributed by atoms with E-state index >= 15 is 0 Å². The molecular formula is C17H18N4. The molecule has 0 aliphatic heterocycles. The summed E-state index contributed by atoms with van der Waals surface area (Å²) in [6.45, 7) is 7.04. The summed E-state index contributed by atoms with van der Waals surface area (Å²) in [4.78, 5) is 4.50. The Morgan fingerprint density at radius 2 is 1.86 bits per heavy atom. The Kier molecular flexibility index (Phi) is 3.52. The number of hydrogen-bond acceptors (Lipinski definition) is 4. The van der Waals surface area contributed by atoms with Crippen molar-refractivity contribution in [3.63, 3.8) is 0 Å². The number of hydrogen-bond donors (Lipinski definition) is 1. The molecule has 0 saturated carbocycles. The quantitative estimate of drug-likeness (QED) is 0.793. The van der Waals surface area contributed by atoms with Crippen LogP contribution in [0.1, 0.15) is 18.1 Å². The zero-order chi connectivity index (χ0) is 14.8. The summed E-state index contributed by atoms with van der Waals surface area (Å²) in [5, 5.41) is 13.0. The predicted molar refractivity (Wildman–Crippen MR) is 86.4 cm³/mol. The molecule has 3 rings (SSSR count). The summed E-state index contributed by atoms with van der Waals surface area (Å²) in [7, 11) is 0. The third-order valence-electron chi connectivity index (χ3n) is 3.73. The van der Waals surface area contributed by atoms with Gasteiger partial charge in [-0.2, -0.15) is 0 Å². The highest BCUT2D eigenvalue weighted by atomic mass is 15.2. The standard InChI is InChI=1S/C17H18N4/c1-4-18-17-12(3)11(2)16(20-21-17)14-9-13-7-5-6-8-15(13)19-10-14/h5-10H,4H2,1-3H3,(H,18,21). The zero-order valence-corrected chi connectivity index (χ0v) is 12.5. The molecule has 4 nitrogen and oxygen atoms in total. The summed E-state index contributed by atoms with van der Waals surface area (Å²) < 4.78 is 0. The highest BCUT2D eigenvalue weighted by Crippen LogP contribution is 2.27. The molecule has 0 amide bonds. The molecule has 0 atom stereocenters. The molecule has 1 N–H and O–H groups in total. The van der Waals surface area contributed by atoms with Crippen molar-refractivity contribution in [1.29, 1.82) is 0 Å². The molecule has 0 spiro atoms. The minimum atomic E-state index is 0.839. The Hall–Kier alpha value is -2.49. The Bertz CT molecular complexity index is 796. The van der Waals surface area contributed by atoms with Crippen molar-refractivity contribution in [3.8, 4) is 11.3 Å². The molecule has 0 saturated heterocycles. The van der Waals surface area contributed by atoms with Crippen LogP contribution in [0.3, 0.4) is 0 Å². The number of fused-ring (bicyclic) bond motifs is 1.